The van der Waals surface area contributed by atoms with Crippen LogP contribution in [0.25, 0.3) is 0 Å². The lowest BCUT2D eigenvalue weighted by Crippen LogP contribution is -1.98. The van der Waals surface area contributed by atoms with E-state index in [0.29, 0.717) is 0 Å². The molecular formula is C14H24. The molecule has 0 heterocycles. The van der Waals surface area contributed by atoms with E-state index in [1.165, 1.54) is 38.5 Å². The summed E-state index contributed by atoms with van der Waals surface area (Å²) < 4.78 is 0. The lowest BCUT2D eigenvalue weighted by Gasteiger charge is -2.13. The highest BCUT2D eigenvalue weighted by Crippen LogP contribution is 2.37. The molecule has 1 aliphatic carbocycles. The summed E-state index contributed by atoms with van der Waals surface area (Å²) in [5.74, 6) is 0.922. The Morgan fingerprint density at radius 3 is 2.93 bits per heavy atom. The van der Waals surface area contributed by atoms with E-state index in [1.54, 1.807) is 11.1 Å². The molecule has 0 heteroatoms. The molecule has 1 unspecified atom stereocenters. The largest absolute Gasteiger partial charge is 0.0913 e. The third kappa shape index (κ3) is 3.01. The molecule has 1 fully saturated rings. The Balaban J connectivity index is 2.62. The van der Waals surface area contributed by atoms with Gasteiger partial charge in [0.2, 0.25) is 0 Å². The molecule has 1 rings (SSSR count). The summed E-state index contributed by atoms with van der Waals surface area (Å²) in [7, 11) is 0. The van der Waals surface area contributed by atoms with Crippen LogP contribution in [0.5, 0.6) is 0 Å². The molecule has 0 spiro atoms. The molecule has 80 valence electrons. The third-order valence-electron chi connectivity index (χ3n) is 3.34. The van der Waals surface area contributed by atoms with Gasteiger partial charge in [0.25, 0.3) is 0 Å². The fourth-order valence-corrected chi connectivity index (χ4v) is 2.57. The normalized spacial score (nSPS) is 26.1. The SMILES string of the molecule is CC=CCC(C)=C1CCCC1CCC. The topological polar surface area (TPSA) is 0 Å². The minimum Gasteiger partial charge on any atom is -0.0913 e. The molecule has 14 heavy (non-hydrogen) atoms. The lowest BCUT2D eigenvalue weighted by molar-refractivity contribution is 0.559. The van der Waals surface area contributed by atoms with Crippen molar-refractivity contribution in [2.45, 2.75) is 59.3 Å². The van der Waals surface area contributed by atoms with Crippen LogP contribution in [-0.4, -0.2) is 0 Å². The first kappa shape index (κ1) is 11.6. The summed E-state index contributed by atoms with van der Waals surface area (Å²) >= 11 is 0. The van der Waals surface area contributed by atoms with Crippen molar-refractivity contribution < 1.29 is 0 Å². The van der Waals surface area contributed by atoms with Crippen molar-refractivity contribution in [2.75, 3.05) is 0 Å². The zero-order valence-corrected chi connectivity index (χ0v) is 9.97. The summed E-state index contributed by atoms with van der Waals surface area (Å²) in [4.78, 5) is 0. The van der Waals surface area contributed by atoms with Crippen molar-refractivity contribution in [1.29, 1.82) is 0 Å². The molecule has 0 aliphatic heterocycles. The van der Waals surface area contributed by atoms with Crippen molar-refractivity contribution in [3.63, 3.8) is 0 Å². The van der Waals surface area contributed by atoms with E-state index in [-0.39, 0.29) is 0 Å². The molecule has 0 aromatic rings. The number of allylic oxidation sites excluding steroid dienone is 4. The second-order valence-corrected chi connectivity index (χ2v) is 4.46. The van der Waals surface area contributed by atoms with Crippen LogP contribution in [0, 0.1) is 5.92 Å². The molecule has 0 bridgehead atoms. The quantitative estimate of drug-likeness (QED) is 0.557. The van der Waals surface area contributed by atoms with Crippen molar-refractivity contribution in [2.24, 2.45) is 5.92 Å². The maximum Gasteiger partial charge on any atom is -0.0139 e. The Hall–Kier alpha value is -0.520. The van der Waals surface area contributed by atoms with Gasteiger partial charge in [-0.05, 0) is 51.9 Å². The number of rotatable bonds is 4. The average Bonchev–Trinajstić information content (AvgIpc) is 2.63. The van der Waals surface area contributed by atoms with Gasteiger partial charge >= 0.3 is 0 Å². The Labute approximate surface area is 89.1 Å². The summed E-state index contributed by atoms with van der Waals surface area (Å²) in [5.41, 5.74) is 3.42. The average molecular weight is 192 g/mol. The molecule has 0 aromatic carbocycles. The maximum absolute atomic E-state index is 2.32. The number of hydrogen-bond donors (Lipinski definition) is 0. The van der Waals surface area contributed by atoms with Gasteiger partial charge in [0.15, 0.2) is 0 Å². The Bertz CT molecular complexity index is 220. The van der Waals surface area contributed by atoms with Crippen LogP contribution in [0.1, 0.15) is 59.3 Å². The first-order valence-electron chi connectivity index (χ1n) is 6.09. The van der Waals surface area contributed by atoms with Crippen molar-refractivity contribution >= 4 is 0 Å². The maximum atomic E-state index is 2.32. The lowest BCUT2D eigenvalue weighted by atomic mass is 9.93. The zero-order chi connectivity index (χ0) is 10.4. The highest BCUT2D eigenvalue weighted by atomic mass is 14.3. The van der Waals surface area contributed by atoms with Crippen LogP contribution in [0.15, 0.2) is 23.3 Å². The van der Waals surface area contributed by atoms with Crippen molar-refractivity contribution in [3.8, 4) is 0 Å². The zero-order valence-electron chi connectivity index (χ0n) is 9.97. The molecule has 1 aliphatic rings. The Kier molecular flexibility index (Phi) is 5.00. The van der Waals surface area contributed by atoms with E-state index in [4.69, 9.17) is 0 Å². The smallest absolute Gasteiger partial charge is 0.0139 e. The highest BCUT2D eigenvalue weighted by molar-refractivity contribution is 5.20. The standard InChI is InChI=1S/C14H24/c1-4-6-9-12(3)14-11-7-10-13(14)8-5-2/h4,6,13H,5,7-11H2,1-3H3. The van der Waals surface area contributed by atoms with Gasteiger partial charge in [-0.3, -0.25) is 0 Å². The van der Waals surface area contributed by atoms with E-state index in [2.05, 4.69) is 32.9 Å². The van der Waals surface area contributed by atoms with Gasteiger partial charge in [-0.15, -0.1) is 0 Å². The molecule has 0 amide bonds. The Morgan fingerprint density at radius 1 is 1.50 bits per heavy atom. The van der Waals surface area contributed by atoms with E-state index >= 15 is 0 Å². The van der Waals surface area contributed by atoms with E-state index in [9.17, 15) is 0 Å². The predicted molar refractivity (Wildman–Crippen MR) is 64.4 cm³/mol. The summed E-state index contributed by atoms with van der Waals surface area (Å²) in [5, 5.41) is 0. The minimum atomic E-state index is 0.922. The van der Waals surface area contributed by atoms with Crippen LogP contribution < -0.4 is 0 Å². The van der Waals surface area contributed by atoms with Gasteiger partial charge in [0, 0.05) is 0 Å². The summed E-state index contributed by atoms with van der Waals surface area (Å²) in [6.07, 6.45) is 12.6. The van der Waals surface area contributed by atoms with Crippen LogP contribution in [0.3, 0.4) is 0 Å². The van der Waals surface area contributed by atoms with Crippen LogP contribution in [-0.2, 0) is 0 Å². The van der Waals surface area contributed by atoms with Crippen LogP contribution in [0.4, 0.5) is 0 Å². The molecule has 0 aromatic heterocycles. The van der Waals surface area contributed by atoms with Crippen molar-refractivity contribution in [3.05, 3.63) is 23.3 Å². The molecular weight excluding hydrogens is 168 g/mol. The van der Waals surface area contributed by atoms with Crippen molar-refractivity contribution in [1.82, 2.24) is 0 Å². The predicted octanol–water partition coefficient (Wildman–Crippen LogP) is 4.87. The van der Waals surface area contributed by atoms with E-state index in [1.807, 2.05) is 0 Å². The first-order valence-corrected chi connectivity index (χ1v) is 6.09. The first-order chi connectivity index (χ1) is 6.79. The van der Waals surface area contributed by atoms with Gasteiger partial charge in [-0.25, -0.2) is 0 Å². The van der Waals surface area contributed by atoms with E-state index < -0.39 is 0 Å². The van der Waals surface area contributed by atoms with Gasteiger partial charge in [-0.2, -0.15) is 0 Å². The number of hydrogen-bond acceptors (Lipinski definition) is 0. The van der Waals surface area contributed by atoms with Crippen LogP contribution >= 0.6 is 0 Å². The molecule has 1 atom stereocenters. The third-order valence-corrected chi connectivity index (χ3v) is 3.34. The molecule has 0 nitrogen and oxygen atoms in total. The summed E-state index contributed by atoms with van der Waals surface area (Å²) in [6, 6.07) is 0. The molecule has 0 radical (unpaired) electrons. The Morgan fingerprint density at radius 2 is 2.29 bits per heavy atom. The van der Waals surface area contributed by atoms with Gasteiger partial charge in [0.05, 0.1) is 0 Å². The molecule has 0 N–H and O–H groups in total. The van der Waals surface area contributed by atoms with Gasteiger partial charge in [-0.1, -0.05) is 36.6 Å². The monoisotopic (exact) mass is 192 g/mol. The highest BCUT2D eigenvalue weighted by Gasteiger charge is 2.21. The second-order valence-electron chi connectivity index (χ2n) is 4.46. The molecule has 0 saturated heterocycles. The second kappa shape index (κ2) is 6.06. The van der Waals surface area contributed by atoms with E-state index in [0.717, 1.165) is 5.92 Å². The minimum absolute atomic E-state index is 0.922. The van der Waals surface area contributed by atoms with Crippen LogP contribution in [0.2, 0.25) is 0 Å². The molecule has 1 saturated carbocycles. The summed E-state index contributed by atoms with van der Waals surface area (Å²) in [6.45, 7) is 6.73. The fraction of sp³-hybridized carbons (Fsp3) is 0.714. The van der Waals surface area contributed by atoms with Gasteiger partial charge in [0.1, 0.15) is 0 Å². The fourth-order valence-electron chi connectivity index (χ4n) is 2.57. The van der Waals surface area contributed by atoms with Gasteiger partial charge < -0.3 is 0 Å².